The van der Waals surface area contributed by atoms with Crippen LogP contribution in [-0.4, -0.2) is 29.6 Å². The van der Waals surface area contributed by atoms with E-state index in [4.69, 9.17) is 0 Å². The molecule has 0 bridgehead atoms. The Balaban J connectivity index is 1.93. The molecule has 0 saturated heterocycles. The lowest BCUT2D eigenvalue weighted by molar-refractivity contribution is 0.220. The number of amides is 1. The van der Waals surface area contributed by atoms with E-state index in [2.05, 4.69) is 42.5 Å². The molecule has 1 amide bonds. The highest BCUT2D eigenvalue weighted by Gasteiger charge is 2.30. The minimum Gasteiger partial charge on any atom is -0.330 e. The molecule has 0 atom stereocenters. The van der Waals surface area contributed by atoms with Gasteiger partial charge in [-0.05, 0) is 48.1 Å². The molecule has 3 heteroatoms. The van der Waals surface area contributed by atoms with Gasteiger partial charge in [0.2, 0.25) is 0 Å². The number of aromatic nitrogens is 1. The van der Waals surface area contributed by atoms with Crippen molar-refractivity contribution in [2.75, 3.05) is 14.1 Å². The van der Waals surface area contributed by atoms with Crippen LogP contribution in [0.25, 0.3) is 22.6 Å². The maximum atomic E-state index is 12.9. The second-order valence-corrected chi connectivity index (χ2v) is 6.89. The van der Waals surface area contributed by atoms with Crippen molar-refractivity contribution in [1.29, 1.82) is 0 Å². The van der Waals surface area contributed by atoms with Crippen molar-refractivity contribution < 1.29 is 4.79 Å². The molecule has 1 saturated carbocycles. The monoisotopic (exact) mass is 330 g/mol. The fraction of sp³-hybridized carbons (Fsp3) is 0.227. The van der Waals surface area contributed by atoms with Crippen molar-refractivity contribution in [3.63, 3.8) is 0 Å². The minimum atomic E-state index is -0.00388. The summed E-state index contributed by atoms with van der Waals surface area (Å²) in [6, 6.07) is 20.6. The molecule has 0 radical (unpaired) electrons. The Hall–Kier alpha value is -2.81. The first-order valence-corrected chi connectivity index (χ1v) is 8.74. The molecular weight excluding hydrogens is 308 g/mol. The normalized spacial score (nSPS) is 14.7. The van der Waals surface area contributed by atoms with Crippen LogP contribution in [0.4, 0.5) is 4.79 Å². The Bertz CT molecular complexity index is 947. The number of carbonyl (C=O) groups is 1. The highest BCUT2D eigenvalue weighted by atomic mass is 16.2. The summed E-state index contributed by atoms with van der Waals surface area (Å²) < 4.78 is 1.86. The van der Waals surface area contributed by atoms with Crippen molar-refractivity contribution in [3.05, 3.63) is 71.9 Å². The number of carbonyl (C=O) groups excluding carboxylic acids is 1. The molecule has 0 N–H and O–H groups in total. The zero-order chi connectivity index (χ0) is 17.4. The van der Waals surface area contributed by atoms with Crippen molar-refractivity contribution in [1.82, 2.24) is 9.47 Å². The largest absolute Gasteiger partial charge is 0.330 e. The van der Waals surface area contributed by atoms with E-state index in [-0.39, 0.29) is 6.03 Å². The van der Waals surface area contributed by atoms with E-state index in [1.807, 2.05) is 28.8 Å². The van der Waals surface area contributed by atoms with Gasteiger partial charge in [0, 0.05) is 19.5 Å². The number of allylic oxidation sites excluding steroid dienone is 1. The smallest absolute Gasteiger partial charge is 0.328 e. The molecule has 1 aromatic heterocycles. The Morgan fingerprint density at radius 1 is 1.04 bits per heavy atom. The second kappa shape index (κ2) is 6.25. The van der Waals surface area contributed by atoms with Crippen LogP contribution in [0.2, 0.25) is 0 Å². The molecule has 1 heterocycles. The van der Waals surface area contributed by atoms with Crippen LogP contribution in [-0.2, 0) is 0 Å². The van der Waals surface area contributed by atoms with Crippen molar-refractivity contribution >= 4 is 28.6 Å². The number of hydrogen-bond donors (Lipinski definition) is 0. The van der Waals surface area contributed by atoms with Gasteiger partial charge in [-0.2, -0.15) is 0 Å². The van der Waals surface area contributed by atoms with E-state index in [0.717, 1.165) is 16.6 Å². The number of fused-ring (bicyclic) bond motifs is 1. The highest BCUT2D eigenvalue weighted by Crippen LogP contribution is 2.44. The number of para-hydroxylation sites is 1. The number of nitrogens with zero attached hydrogens (tertiary/aromatic N) is 2. The van der Waals surface area contributed by atoms with E-state index >= 15 is 0 Å². The second-order valence-electron chi connectivity index (χ2n) is 6.89. The van der Waals surface area contributed by atoms with Gasteiger partial charge in [-0.3, -0.25) is 4.57 Å². The maximum absolute atomic E-state index is 12.9. The van der Waals surface area contributed by atoms with E-state index in [1.165, 1.54) is 24.0 Å². The van der Waals surface area contributed by atoms with Gasteiger partial charge < -0.3 is 4.90 Å². The lowest BCUT2D eigenvalue weighted by Gasteiger charge is -2.17. The van der Waals surface area contributed by atoms with E-state index in [0.29, 0.717) is 5.92 Å². The van der Waals surface area contributed by atoms with Crippen LogP contribution in [0.1, 0.15) is 24.1 Å². The summed E-state index contributed by atoms with van der Waals surface area (Å²) in [6.07, 6.45) is 4.62. The molecule has 126 valence electrons. The predicted molar refractivity (Wildman–Crippen MR) is 103 cm³/mol. The van der Waals surface area contributed by atoms with Crippen molar-refractivity contribution in [3.8, 4) is 0 Å². The Labute approximate surface area is 148 Å². The molecule has 1 fully saturated rings. The lowest BCUT2D eigenvalue weighted by Crippen LogP contribution is -2.28. The number of benzene rings is 2. The molecule has 1 aliphatic carbocycles. The van der Waals surface area contributed by atoms with Crippen molar-refractivity contribution in [2.24, 2.45) is 5.92 Å². The molecule has 0 aliphatic heterocycles. The SMILES string of the molecule is CN(C)C(=O)n1c(/C(=C/c2ccccc2)C2CC2)cc2ccccc21. The zero-order valence-electron chi connectivity index (χ0n) is 14.6. The molecule has 4 rings (SSSR count). The Morgan fingerprint density at radius 2 is 1.72 bits per heavy atom. The summed E-state index contributed by atoms with van der Waals surface area (Å²) in [6.45, 7) is 0. The Morgan fingerprint density at radius 3 is 2.40 bits per heavy atom. The van der Waals surface area contributed by atoms with Crippen LogP contribution in [0.15, 0.2) is 60.7 Å². The third-order valence-electron chi connectivity index (χ3n) is 4.72. The minimum absolute atomic E-state index is 0.00388. The third-order valence-corrected chi connectivity index (χ3v) is 4.72. The average Bonchev–Trinajstić information content (AvgIpc) is 3.39. The van der Waals surface area contributed by atoms with Crippen LogP contribution in [0.3, 0.4) is 0 Å². The molecule has 2 aromatic carbocycles. The van der Waals surface area contributed by atoms with Gasteiger partial charge in [0.1, 0.15) is 0 Å². The quantitative estimate of drug-likeness (QED) is 0.654. The molecule has 3 nitrogen and oxygen atoms in total. The summed E-state index contributed by atoms with van der Waals surface area (Å²) in [4.78, 5) is 14.5. The standard InChI is InChI=1S/C22H22N2O/c1-23(2)22(25)24-20-11-7-6-10-18(20)15-21(24)19(17-12-13-17)14-16-8-4-3-5-9-16/h3-11,14-15,17H,12-13H2,1-2H3/b19-14+. The first-order valence-electron chi connectivity index (χ1n) is 8.74. The molecule has 0 spiro atoms. The predicted octanol–water partition coefficient (Wildman–Crippen LogP) is 5.12. The van der Waals surface area contributed by atoms with Gasteiger partial charge in [0.25, 0.3) is 0 Å². The number of rotatable bonds is 3. The van der Waals surface area contributed by atoms with E-state index in [1.54, 1.807) is 19.0 Å². The third kappa shape index (κ3) is 2.98. The first kappa shape index (κ1) is 15.7. The summed E-state index contributed by atoms with van der Waals surface area (Å²) in [5, 5.41) is 1.10. The van der Waals surface area contributed by atoms with Crippen LogP contribution in [0, 0.1) is 5.92 Å². The summed E-state index contributed by atoms with van der Waals surface area (Å²) in [5.74, 6) is 0.540. The Kier molecular flexibility index (Phi) is 3.92. The van der Waals surface area contributed by atoms with Gasteiger partial charge >= 0.3 is 6.03 Å². The van der Waals surface area contributed by atoms with Crippen LogP contribution >= 0.6 is 0 Å². The molecular formula is C22H22N2O. The van der Waals surface area contributed by atoms with Gasteiger partial charge in [-0.1, -0.05) is 48.5 Å². The highest BCUT2D eigenvalue weighted by molar-refractivity contribution is 5.98. The van der Waals surface area contributed by atoms with Crippen LogP contribution < -0.4 is 0 Å². The van der Waals surface area contributed by atoms with Gasteiger partial charge in [0.05, 0.1) is 11.2 Å². The van der Waals surface area contributed by atoms with Gasteiger partial charge in [-0.15, -0.1) is 0 Å². The first-order chi connectivity index (χ1) is 12.1. The maximum Gasteiger partial charge on any atom is 0.328 e. The average molecular weight is 330 g/mol. The summed E-state index contributed by atoms with van der Waals surface area (Å²) in [7, 11) is 3.61. The zero-order valence-corrected chi connectivity index (χ0v) is 14.6. The summed E-state index contributed by atoms with van der Waals surface area (Å²) in [5.41, 5.74) is 4.43. The van der Waals surface area contributed by atoms with E-state index < -0.39 is 0 Å². The molecule has 1 aliphatic rings. The van der Waals surface area contributed by atoms with Crippen molar-refractivity contribution in [2.45, 2.75) is 12.8 Å². The van der Waals surface area contributed by atoms with E-state index in [9.17, 15) is 4.79 Å². The molecule has 3 aromatic rings. The molecule has 0 unspecified atom stereocenters. The van der Waals surface area contributed by atoms with Crippen LogP contribution in [0.5, 0.6) is 0 Å². The fourth-order valence-electron chi connectivity index (χ4n) is 3.30. The molecule has 25 heavy (non-hydrogen) atoms. The lowest BCUT2D eigenvalue weighted by atomic mass is 10.0. The topological polar surface area (TPSA) is 25.2 Å². The van der Waals surface area contributed by atoms with Gasteiger partial charge in [0.15, 0.2) is 0 Å². The summed E-state index contributed by atoms with van der Waals surface area (Å²) >= 11 is 0. The number of hydrogen-bond acceptors (Lipinski definition) is 1. The fourth-order valence-corrected chi connectivity index (χ4v) is 3.30. The van der Waals surface area contributed by atoms with Gasteiger partial charge in [-0.25, -0.2) is 4.79 Å².